The molecule has 8 heteroatoms. The molecule has 0 aliphatic heterocycles. The van der Waals surface area contributed by atoms with E-state index in [-0.39, 0.29) is 0 Å². The molecule has 0 aliphatic rings. The molecule has 0 spiro atoms. The number of anilines is 2. The predicted octanol–water partition coefficient (Wildman–Crippen LogP) is 10.9. The quantitative estimate of drug-likeness (QED) is 0.0947. The van der Waals surface area contributed by atoms with E-state index in [1.807, 2.05) is 84.9 Å². The predicted molar refractivity (Wildman–Crippen MR) is 266 cm³/mol. The molecule has 4 nitrogen and oxygen atoms in total. The first-order chi connectivity index (χ1) is 29.2. The molecular formula is C52H44Br2N2O2P2. The zero-order chi connectivity index (χ0) is 41.5. The van der Waals surface area contributed by atoms with Crippen LogP contribution >= 0.6 is 41.6 Å². The Hall–Kier alpha value is -5.48. The number of halogens is 2. The van der Waals surface area contributed by atoms with Gasteiger partial charge in [0.2, 0.25) is 0 Å². The van der Waals surface area contributed by atoms with Gasteiger partial charge in [-0.3, -0.25) is 0 Å². The van der Waals surface area contributed by atoms with Gasteiger partial charge in [-0.15, -0.1) is 0 Å². The van der Waals surface area contributed by atoms with Crippen molar-refractivity contribution < 1.29 is 9.59 Å². The van der Waals surface area contributed by atoms with Crippen LogP contribution in [0.1, 0.15) is 11.1 Å². The summed E-state index contributed by atoms with van der Waals surface area (Å²) < 4.78 is 0. The average Bonchev–Trinajstić information content (AvgIpc) is 3.32. The van der Waals surface area contributed by atoms with E-state index in [0.29, 0.717) is 23.7 Å². The number of carbonyl (C=O) groups excluding carboxylic acids is 2. The summed E-state index contributed by atoms with van der Waals surface area (Å²) in [5.74, 6) is -1.51. The fourth-order valence-electron chi connectivity index (χ4n) is 8.43. The number of nitrogens with one attached hydrogen (secondary N) is 2. The van der Waals surface area contributed by atoms with Crippen LogP contribution in [0, 0.1) is 0 Å². The molecule has 0 atom stereocenters. The summed E-state index contributed by atoms with van der Waals surface area (Å²) in [6, 6.07) is 78.8. The second kappa shape index (κ2) is 17.2. The van der Waals surface area contributed by atoms with Gasteiger partial charge in [-0.2, -0.15) is 0 Å². The van der Waals surface area contributed by atoms with Crippen LogP contribution in [0.4, 0.5) is 11.4 Å². The third kappa shape index (κ3) is 7.48. The van der Waals surface area contributed by atoms with Crippen LogP contribution in [0.2, 0.25) is 0 Å². The molecule has 60 heavy (non-hydrogen) atoms. The molecule has 0 aliphatic carbocycles. The fraction of sp³-hybridized carbons (Fsp3) is 0.0385. The number of hydrogen-bond donors (Lipinski definition) is 2. The van der Waals surface area contributed by atoms with Crippen molar-refractivity contribution in [2.45, 2.75) is 12.3 Å². The van der Waals surface area contributed by atoms with Gasteiger partial charge in [0.25, 0.3) is 0 Å². The van der Waals surface area contributed by atoms with Crippen molar-refractivity contribution in [3.8, 4) is 0 Å². The summed E-state index contributed by atoms with van der Waals surface area (Å²) in [4.78, 5) is 28.2. The van der Waals surface area contributed by atoms with E-state index in [2.05, 4.69) is 187 Å². The minimum atomic E-state index is -3.43. The Labute approximate surface area is 368 Å². The molecule has 0 aromatic heterocycles. The molecule has 0 radical (unpaired) electrons. The van der Waals surface area contributed by atoms with Crippen LogP contribution in [-0.4, -0.2) is 11.8 Å². The van der Waals surface area contributed by atoms with Crippen LogP contribution in [0.5, 0.6) is 0 Å². The van der Waals surface area contributed by atoms with Gasteiger partial charge in [0.1, 0.15) is 0 Å². The fourth-order valence-corrected chi connectivity index (χ4v) is 23.8. The Balaban J connectivity index is 1.15. The molecule has 8 aromatic carbocycles. The minimum absolute atomic E-state index is 0.543. The van der Waals surface area contributed by atoms with Gasteiger partial charge in [0.15, 0.2) is 0 Å². The van der Waals surface area contributed by atoms with Crippen molar-refractivity contribution in [2.24, 2.45) is 0 Å². The van der Waals surface area contributed by atoms with Crippen molar-refractivity contribution in [1.29, 1.82) is 0 Å². The van der Waals surface area contributed by atoms with Crippen LogP contribution in [-0.2, 0) is 21.9 Å². The number of rotatable bonds is 12. The number of amides is 2. The number of para-hydroxylation sites is 2. The second-order valence-electron chi connectivity index (χ2n) is 14.9. The summed E-state index contributed by atoms with van der Waals surface area (Å²) in [6.45, 7) is 0. The molecule has 2 amide bonds. The third-order valence-corrected chi connectivity index (χ3v) is 30.4. The summed E-state index contributed by atoms with van der Waals surface area (Å²) >= 11 is 9.10. The molecule has 8 aromatic rings. The topological polar surface area (TPSA) is 58.2 Å². The molecular weight excluding hydrogens is 906 g/mol. The van der Waals surface area contributed by atoms with E-state index < -0.39 is 22.4 Å². The van der Waals surface area contributed by atoms with E-state index in [1.165, 1.54) is 0 Å². The van der Waals surface area contributed by atoms with Crippen molar-refractivity contribution in [3.63, 3.8) is 0 Å². The van der Waals surface area contributed by atoms with Crippen LogP contribution < -0.4 is 42.5 Å². The van der Waals surface area contributed by atoms with Crippen molar-refractivity contribution in [1.82, 2.24) is 0 Å². The first-order valence-corrected chi connectivity index (χ1v) is 28.7. The molecule has 0 fully saturated rings. The molecule has 2 N–H and O–H groups in total. The van der Waals surface area contributed by atoms with Crippen molar-refractivity contribution in [2.75, 3.05) is 10.6 Å². The number of benzene rings is 8. The second-order valence-corrected chi connectivity index (χ2v) is 32.8. The zero-order valence-electron chi connectivity index (χ0n) is 32.8. The van der Waals surface area contributed by atoms with Gasteiger partial charge in [-0.25, -0.2) is 0 Å². The van der Waals surface area contributed by atoms with Gasteiger partial charge in [-0.05, 0) is 0 Å². The third-order valence-electron chi connectivity index (χ3n) is 11.4. The van der Waals surface area contributed by atoms with Crippen LogP contribution in [0.3, 0.4) is 0 Å². The summed E-state index contributed by atoms with van der Waals surface area (Å²) in [5.41, 5.74) is 2.94. The van der Waals surface area contributed by atoms with Crippen molar-refractivity contribution >= 4 is 96.6 Å². The van der Waals surface area contributed by atoms with Gasteiger partial charge >= 0.3 is 371 Å². The van der Waals surface area contributed by atoms with Gasteiger partial charge in [0.05, 0.1) is 0 Å². The molecule has 0 heterocycles. The Morgan fingerprint density at radius 2 is 0.517 bits per heavy atom. The average molecular weight is 951 g/mol. The van der Waals surface area contributed by atoms with Crippen LogP contribution in [0.15, 0.2) is 231 Å². The van der Waals surface area contributed by atoms with E-state index in [9.17, 15) is 9.59 Å². The van der Waals surface area contributed by atoms with E-state index in [1.54, 1.807) is 0 Å². The van der Waals surface area contributed by atoms with E-state index in [0.717, 1.165) is 43.0 Å². The summed E-state index contributed by atoms with van der Waals surface area (Å²) in [6.07, 6.45) is 1.09. The Bertz CT molecular complexity index is 2350. The zero-order valence-corrected chi connectivity index (χ0v) is 37.8. The number of hydrogen-bond acceptors (Lipinski definition) is 2. The Morgan fingerprint density at radius 3 is 0.750 bits per heavy atom. The molecule has 0 saturated carbocycles. The molecule has 0 bridgehead atoms. The van der Waals surface area contributed by atoms with Crippen LogP contribution in [0.25, 0.3) is 0 Å². The Kier molecular flexibility index (Phi) is 11.9. The normalized spacial score (nSPS) is 12.8. The SMILES string of the molecule is O=C(Nc1ccccc1CP(Br)(c1ccccc1)(c1ccccc1)c1ccccc1)C(=O)Nc1ccccc1CP(Br)(c1ccccc1)(c1ccccc1)c1ccccc1. The summed E-state index contributed by atoms with van der Waals surface area (Å²) in [5, 5.41) is 6.13. The first kappa shape index (κ1) is 41.3. The number of carbonyl (C=O) groups is 2. The van der Waals surface area contributed by atoms with E-state index in [4.69, 9.17) is 0 Å². The summed E-state index contributed by atoms with van der Waals surface area (Å²) in [7, 11) is 0. The first-order valence-electron chi connectivity index (χ1n) is 19.8. The Morgan fingerprint density at radius 1 is 0.317 bits per heavy atom. The van der Waals surface area contributed by atoms with Gasteiger partial charge < -0.3 is 0 Å². The standard InChI is InChI=1S/C52H44Br2N2O2P2/c53-59(43-25-7-1-8-26-43,44-27-9-2-10-28-44,45-29-11-3-12-30-45)39-41-23-19-21-37-49(41)55-51(57)52(58)56-50-38-22-20-24-42(50)40-60(54,46-31-13-4-14-32-46,47-33-15-5-16-34-47)48-35-17-6-18-36-48/h1-38H,39-40H2,(H,55,57)(H,56,58). The van der Waals surface area contributed by atoms with Gasteiger partial charge in [-0.1, -0.05) is 0 Å². The van der Waals surface area contributed by atoms with Crippen molar-refractivity contribution in [3.05, 3.63) is 242 Å². The van der Waals surface area contributed by atoms with E-state index >= 15 is 0 Å². The van der Waals surface area contributed by atoms with Gasteiger partial charge in [0, 0.05) is 0 Å². The maximum atomic E-state index is 14.1. The maximum absolute atomic E-state index is 14.1. The molecule has 298 valence electrons. The monoisotopic (exact) mass is 948 g/mol. The molecule has 0 unspecified atom stereocenters. The molecule has 0 saturated heterocycles. The molecule has 8 rings (SSSR count).